The van der Waals surface area contributed by atoms with Crippen LogP contribution in [0, 0.1) is 0 Å². The van der Waals surface area contributed by atoms with Gasteiger partial charge >= 0.3 is 0 Å². The van der Waals surface area contributed by atoms with Crippen molar-refractivity contribution in [2.24, 2.45) is 0 Å². The Kier molecular flexibility index (Phi) is 3.08. The van der Waals surface area contributed by atoms with E-state index < -0.39 is 0 Å². The smallest absolute Gasteiger partial charge is 0.169 e. The van der Waals surface area contributed by atoms with E-state index in [4.69, 9.17) is 4.42 Å². The van der Waals surface area contributed by atoms with Crippen molar-refractivity contribution in [1.82, 2.24) is 5.32 Å². The molecule has 1 aromatic rings. The molecule has 1 fully saturated rings. The topological polar surface area (TPSA) is 25.2 Å². The van der Waals surface area contributed by atoms with Gasteiger partial charge in [-0.2, -0.15) is 0 Å². The Bertz CT molecular complexity index is 333. The zero-order valence-corrected chi connectivity index (χ0v) is 9.80. The summed E-state index contributed by atoms with van der Waals surface area (Å²) in [6.45, 7) is 3.23. The van der Waals surface area contributed by atoms with Crippen LogP contribution in [0.1, 0.15) is 25.3 Å². The van der Waals surface area contributed by atoms with E-state index in [1.807, 2.05) is 6.07 Å². The Morgan fingerprint density at radius 2 is 2.50 bits per heavy atom. The molecule has 0 bridgehead atoms. The zero-order chi connectivity index (χ0) is 9.97. The number of furan rings is 1. The fraction of sp³-hybridized carbons (Fsp3) is 0.455. The molecule has 1 aliphatic rings. The largest absolute Gasteiger partial charge is 0.457 e. The van der Waals surface area contributed by atoms with Crippen molar-refractivity contribution >= 4 is 22.0 Å². The van der Waals surface area contributed by atoms with E-state index in [-0.39, 0.29) is 0 Å². The second-order valence-electron chi connectivity index (χ2n) is 3.81. The minimum atomic E-state index is 0.656. The molecule has 14 heavy (non-hydrogen) atoms. The maximum atomic E-state index is 5.18. The van der Waals surface area contributed by atoms with E-state index in [1.165, 1.54) is 18.4 Å². The summed E-state index contributed by atoms with van der Waals surface area (Å²) < 4.78 is 5.97. The van der Waals surface area contributed by atoms with Crippen LogP contribution in [0.15, 0.2) is 27.0 Å². The Morgan fingerprint density at radius 1 is 1.64 bits per heavy atom. The monoisotopic (exact) mass is 255 g/mol. The molecule has 1 saturated heterocycles. The van der Waals surface area contributed by atoms with Crippen LogP contribution < -0.4 is 5.32 Å². The van der Waals surface area contributed by atoms with Crippen molar-refractivity contribution in [3.63, 3.8) is 0 Å². The predicted molar refractivity (Wildman–Crippen MR) is 61.1 cm³/mol. The van der Waals surface area contributed by atoms with Crippen molar-refractivity contribution in [2.75, 3.05) is 6.54 Å². The maximum Gasteiger partial charge on any atom is 0.169 e. The van der Waals surface area contributed by atoms with Gasteiger partial charge in [-0.05, 0) is 41.8 Å². The summed E-state index contributed by atoms with van der Waals surface area (Å²) >= 11 is 3.29. The first-order valence-corrected chi connectivity index (χ1v) is 5.70. The van der Waals surface area contributed by atoms with E-state index in [9.17, 15) is 0 Å². The summed E-state index contributed by atoms with van der Waals surface area (Å²) in [5.74, 6) is 0. The molecule has 1 N–H and O–H groups in total. The molecule has 1 atom stereocenters. The van der Waals surface area contributed by atoms with Crippen molar-refractivity contribution in [3.8, 4) is 0 Å². The SMILES string of the molecule is CC1CC/C(=C\c2coc(Br)c2)CN1. The molecule has 0 saturated carbocycles. The fourth-order valence-electron chi connectivity index (χ4n) is 1.66. The van der Waals surface area contributed by atoms with E-state index in [1.54, 1.807) is 6.26 Å². The lowest BCUT2D eigenvalue weighted by Crippen LogP contribution is -2.32. The lowest BCUT2D eigenvalue weighted by molar-refractivity contribution is 0.488. The van der Waals surface area contributed by atoms with Crippen LogP contribution in [0.3, 0.4) is 0 Å². The van der Waals surface area contributed by atoms with Gasteiger partial charge in [0.25, 0.3) is 0 Å². The molecule has 1 unspecified atom stereocenters. The highest BCUT2D eigenvalue weighted by Gasteiger charge is 2.11. The van der Waals surface area contributed by atoms with Crippen LogP contribution in [0.5, 0.6) is 0 Å². The van der Waals surface area contributed by atoms with Gasteiger partial charge in [0, 0.05) is 18.2 Å². The predicted octanol–water partition coefficient (Wildman–Crippen LogP) is 3.20. The number of rotatable bonds is 1. The third-order valence-corrected chi connectivity index (χ3v) is 2.95. The summed E-state index contributed by atoms with van der Waals surface area (Å²) in [4.78, 5) is 0. The second-order valence-corrected chi connectivity index (χ2v) is 4.59. The third-order valence-electron chi connectivity index (χ3n) is 2.53. The van der Waals surface area contributed by atoms with Crippen LogP contribution in [0.2, 0.25) is 0 Å². The highest BCUT2D eigenvalue weighted by atomic mass is 79.9. The van der Waals surface area contributed by atoms with Gasteiger partial charge in [0.1, 0.15) is 0 Å². The lowest BCUT2D eigenvalue weighted by atomic mass is 10.00. The van der Waals surface area contributed by atoms with Gasteiger partial charge in [-0.25, -0.2) is 0 Å². The van der Waals surface area contributed by atoms with Gasteiger partial charge in [-0.3, -0.25) is 0 Å². The van der Waals surface area contributed by atoms with Crippen molar-refractivity contribution < 1.29 is 4.42 Å². The lowest BCUT2D eigenvalue weighted by Gasteiger charge is -2.21. The van der Waals surface area contributed by atoms with Gasteiger partial charge in [0.15, 0.2) is 4.67 Å². The molecule has 0 amide bonds. The summed E-state index contributed by atoms with van der Waals surface area (Å²) in [6, 6.07) is 2.65. The summed E-state index contributed by atoms with van der Waals surface area (Å²) in [6.07, 6.45) is 6.39. The molecule has 0 spiro atoms. The Hall–Kier alpha value is -0.540. The molecule has 2 heterocycles. The quantitative estimate of drug-likeness (QED) is 0.834. The average Bonchev–Trinajstić information content (AvgIpc) is 2.56. The van der Waals surface area contributed by atoms with E-state index in [0.29, 0.717) is 6.04 Å². The van der Waals surface area contributed by atoms with Crippen molar-refractivity contribution in [2.45, 2.75) is 25.8 Å². The van der Waals surface area contributed by atoms with E-state index in [0.717, 1.165) is 16.8 Å². The minimum Gasteiger partial charge on any atom is -0.457 e. The van der Waals surface area contributed by atoms with Gasteiger partial charge in [0.2, 0.25) is 0 Å². The highest BCUT2D eigenvalue weighted by molar-refractivity contribution is 9.10. The van der Waals surface area contributed by atoms with Gasteiger partial charge in [-0.15, -0.1) is 0 Å². The summed E-state index contributed by atoms with van der Waals surface area (Å²) in [5.41, 5.74) is 2.60. The zero-order valence-electron chi connectivity index (χ0n) is 8.22. The third kappa shape index (κ3) is 2.49. The standard InChI is InChI=1S/C11H14BrNO/c1-8-2-3-9(6-13-8)4-10-5-11(12)14-7-10/h4-5,7-8,13H,2-3,6H2,1H3/b9-4+. The van der Waals surface area contributed by atoms with Crippen LogP contribution in [0.25, 0.3) is 6.08 Å². The first-order valence-electron chi connectivity index (χ1n) is 4.91. The molecular weight excluding hydrogens is 242 g/mol. The molecule has 2 nitrogen and oxygen atoms in total. The fourth-order valence-corrected chi connectivity index (χ4v) is 2.01. The molecule has 1 aromatic heterocycles. The number of piperidine rings is 1. The normalized spacial score (nSPS) is 25.6. The molecular formula is C11H14BrNO. The van der Waals surface area contributed by atoms with Crippen molar-refractivity contribution in [1.29, 1.82) is 0 Å². The Labute approximate surface area is 92.5 Å². The molecule has 1 aliphatic heterocycles. The first kappa shape index (κ1) is 9.99. The maximum absolute atomic E-state index is 5.18. The van der Waals surface area contributed by atoms with Gasteiger partial charge < -0.3 is 9.73 Å². The minimum absolute atomic E-state index is 0.656. The van der Waals surface area contributed by atoms with Crippen LogP contribution in [0.4, 0.5) is 0 Å². The molecule has 0 aliphatic carbocycles. The van der Waals surface area contributed by atoms with Gasteiger partial charge in [-0.1, -0.05) is 11.6 Å². The highest BCUT2D eigenvalue weighted by Crippen LogP contribution is 2.20. The van der Waals surface area contributed by atoms with Crippen LogP contribution in [-0.4, -0.2) is 12.6 Å². The molecule has 0 aromatic carbocycles. The van der Waals surface area contributed by atoms with Crippen molar-refractivity contribution in [3.05, 3.63) is 28.1 Å². The van der Waals surface area contributed by atoms with Crippen LogP contribution in [-0.2, 0) is 0 Å². The van der Waals surface area contributed by atoms with E-state index in [2.05, 4.69) is 34.2 Å². The number of halogens is 1. The van der Waals surface area contributed by atoms with Crippen LogP contribution >= 0.6 is 15.9 Å². The Balaban J connectivity index is 2.04. The molecule has 0 radical (unpaired) electrons. The molecule has 2 rings (SSSR count). The summed E-state index contributed by atoms with van der Waals surface area (Å²) in [5, 5.41) is 3.45. The Morgan fingerprint density at radius 3 is 3.07 bits per heavy atom. The average molecular weight is 256 g/mol. The molecule has 3 heteroatoms. The number of hydrogen-bond donors (Lipinski definition) is 1. The van der Waals surface area contributed by atoms with E-state index >= 15 is 0 Å². The first-order chi connectivity index (χ1) is 6.74. The molecule has 76 valence electrons. The second kappa shape index (κ2) is 4.32. The number of hydrogen-bond acceptors (Lipinski definition) is 2. The summed E-state index contributed by atoms with van der Waals surface area (Å²) in [7, 11) is 0. The van der Waals surface area contributed by atoms with Gasteiger partial charge in [0.05, 0.1) is 6.26 Å². The number of nitrogens with one attached hydrogen (secondary N) is 1.